The molecule has 1 N–H and O–H groups in total. The van der Waals surface area contributed by atoms with E-state index in [4.69, 9.17) is 4.52 Å². The summed E-state index contributed by atoms with van der Waals surface area (Å²) in [5.74, 6) is 1.12. The summed E-state index contributed by atoms with van der Waals surface area (Å²) >= 11 is 0. The molecule has 6 nitrogen and oxygen atoms in total. The zero-order valence-corrected chi connectivity index (χ0v) is 12.8. The third-order valence-corrected chi connectivity index (χ3v) is 5.35. The molecule has 1 amide bonds. The fraction of sp³-hybridized carbons (Fsp3) is 0.471. The number of piperidine rings is 1. The minimum absolute atomic E-state index is 0.0826. The maximum absolute atomic E-state index is 12.9. The zero-order chi connectivity index (χ0) is 15.4. The van der Waals surface area contributed by atoms with Crippen molar-refractivity contribution in [3.8, 4) is 0 Å². The third kappa shape index (κ3) is 1.81. The molecule has 1 saturated carbocycles. The zero-order valence-electron chi connectivity index (χ0n) is 12.8. The number of benzene rings is 1. The van der Waals surface area contributed by atoms with E-state index >= 15 is 0 Å². The number of aromatic nitrogens is 2. The van der Waals surface area contributed by atoms with Crippen LogP contribution in [0.3, 0.4) is 0 Å². The normalized spacial score (nSPS) is 22.6. The number of fused-ring (bicyclic) bond motifs is 2. The molecule has 3 heterocycles. The number of para-hydroxylation sites is 1. The quantitative estimate of drug-likeness (QED) is 0.921. The van der Waals surface area contributed by atoms with Gasteiger partial charge in [0.15, 0.2) is 5.82 Å². The van der Waals surface area contributed by atoms with Crippen molar-refractivity contribution in [2.45, 2.75) is 37.0 Å². The van der Waals surface area contributed by atoms with Crippen LogP contribution in [0.25, 0.3) is 0 Å². The highest BCUT2D eigenvalue weighted by Crippen LogP contribution is 2.58. The Kier molecular flexibility index (Phi) is 2.68. The molecule has 5 rings (SSSR count). The molecule has 2 fully saturated rings. The maximum atomic E-state index is 12.9. The molecule has 0 bridgehead atoms. The number of hydrogen-bond donors (Lipinski definition) is 1. The van der Waals surface area contributed by atoms with Crippen LogP contribution in [0.5, 0.6) is 0 Å². The molecule has 118 valence electrons. The molecule has 0 unspecified atom stereocenters. The Morgan fingerprint density at radius 2 is 2.00 bits per heavy atom. The van der Waals surface area contributed by atoms with Gasteiger partial charge in [-0.1, -0.05) is 23.4 Å². The lowest BCUT2D eigenvalue weighted by atomic mass is 9.98. The molecule has 1 aliphatic carbocycles. The summed E-state index contributed by atoms with van der Waals surface area (Å²) in [4.78, 5) is 19.1. The molecular formula is C17H18N4O2. The molecule has 6 heteroatoms. The number of amides is 1. The first-order valence-corrected chi connectivity index (χ1v) is 8.28. The lowest BCUT2D eigenvalue weighted by molar-refractivity contribution is -0.119. The van der Waals surface area contributed by atoms with Crippen molar-refractivity contribution < 1.29 is 9.32 Å². The number of nitrogens with zero attached hydrogens (tertiary/aromatic N) is 3. The van der Waals surface area contributed by atoms with Crippen molar-refractivity contribution >= 4 is 17.6 Å². The SMILES string of the molecule is O=C1N(c2nc(C3CCNCC3)no2)c2ccccc2C12CC2. The summed E-state index contributed by atoms with van der Waals surface area (Å²) in [7, 11) is 0. The predicted molar refractivity (Wildman–Crippen MR) is 83.6 cm³/mol. The van der Waals surface area contributed by atoms with E-state index in [1.807, 2.05) is 24.3 Å². The molecule has 23 heavy (non-hydrogen) atoms. The first-order valence-electron chi connectivity index (χ1n) is 8.28. The Morgan fingerprint density at radius 1 is 1.22 bits per heavy atom. The van der Waals surface area contributed by atoms with Crippen molar-refractivity contribution in [1.82, 2.24) is 15.5 Å². The summed E-state index contributed by atoms with van der Waals surface area (Å²) in [5.41, 5.74) is 1.67. The Bertz CT molecular complexity index is 774. The van der Waals surface area contributed by atoms with Gasteiger partial charge >= 0.3 is 6.01 Å². The molecule has 3 aliphatic rings. The highest BCUT2D eigenvalue weighted by Gasteiger charge is 2.60. The largest absolute Gasteiger partial charge is 0.335 e. The number of hydrogen-bond acceptors (Lipinski definition) is 5. The van der Waals surface area contributed by atoms with E-state index in [9.17, 15) is 4.79 Å². The number of rotatable bonds is 2. The highest BCUT2D eigenvalue weighted by atomic mass is 16.5. The van der Waals surface area contributed by atoms with Gasteiger partial charge in [0.2, 0.25) is 5.91 Å². The van der Waals surface area contributed by atoms with Crippen LogP contribution in [-0.4, -0.2) is 29.1 Å². The first kappa shape index (κ1) is 13.2. The summed E-state index contributed by atoms with van der Waals surface area (Å²) in [5, 5.41) is 7.49. The van der Waals surface area contributed by atoms with Crippen LogP contribution >= 0.6 is 0 Å². The van der Waals surface area contributed by atoms with Gasteiger partial charge in [-0.15, -0.1) is 0 Å². The topological polar surface area (TPSA) is 71.3 Å². The van der Waals surface area contributed by atoms with Crippen LogP contribution in [-0.2, 0) is 10.2 Å². The smallest absolute Gasteiger partial charge is 0.317 e. The predicted octanol–water partition coefficient (Wildman–Crippen LogP) is 2.25. The van der Waals surface area contributed by atoms with Crippen molar-refractivity contribution in [3.63, 3.8) is 0 Å². The van der Waals surface area contributed by atoms with Crippen LogP contribution in [0.1, 0.15) is 43.0 Å². The summed E-state index contributed by atoms with van der Waals surface area (Å²) in [6.07, 6.45) is 3.84. The molecule has 1 saturated heterocycles. The molecule has 0 atom stereocenters. The Balaban J connectivity index is 1.53. The van der Waals surface area contributed by atoms with Gasteiger partial charge in [0.25, 0.3) is 0 Å². The third-order valence-electron chi connectivity index (χ3n) is 5.35. The molecule has 2 aromatic rings. The van der Waals surface area contributed by atoms with Crippen molar-refractivity contribution in [1.29, 1.82) is 0 Å². The fourth-order valence-electron chi connectivity index (χ4n) is 3.87. The van der Waals surface area contributed by atoms with E-state index in [0.29, 0.717) is 11.9 Å². The van der Waals surface area contributed by atoms with Crippen LogP contribution < -0.4 is 10.2 Å². The number of anilines is 2. The Morgan fingerprint density at radius 3 is 2.78 bits per heavy atom. The van der Waals surface area contributed by atoms with E-state index in [-0.39, 0.29) is 11.3 Å². The van der Waals surface area contributed by atoms with Crippen molar-refractivity contribution in [2.24, 2.45) is 0 Å². The minimum atomic E-state index is -0.333. The maximum Gasteiger partial charge on any atom is 0.335 e. The van der Waals surface area contributed by atoms with Gasteiger partial charge in [0, 0.05) is 5.92 Å². The number of nitrogens with one attached hydrogen (secondary N) is 1. The average Bonchev–Trinajstić information content (AvgIpc) is 3.20. The Labute approximate surface area is 133 Å². The Hall–Kier alpha value is -2.21. The van der Waals surface area contributed by atoms with E-state index in [1.54, 1.807) is 4.90 Å². The van der Waals surface area contributed by atoms with Crippen molar-refractivity contribution in [2.75, 3.05) is 18.0 Å². The van der Waals surface area contributed by atoms with Crippen molar-refractivity contribution in [3.05, 3.63) is 35.7 Å². The molecule has 1 spiro atoms. The summed E-state index contributed by atoms with van der Waals surface area (Å²) in [6, 6.07) is 8.27. The van der Waals surface area contributed by atoms with E-state index in [2.05, 4.69) is 15.5 Å². The van der Waals surface area contributed by atoms with Gasteiger partial charge in [-0.3, -0.25) is 4.79 Å². The molecule has 0 radical (unpaired) electrons. The number of carbonyl (C=O) groups is 1. The second-order valence-corrected chi connectivity index (χ2v) is 6.70. The van der Waals surface area contributed by atoms with Gasteiger partial charge in [0.1, 0.15) is 0 Å². The van der Waals surface area contributed by atoms with Crippen LogP contribution in [0.15, 0.2) is 28.8 Å². The van der Waals surface area contributed by atoms with Crippen LogP contribution in [0.2, 0.25) is 0 Å². The second kappa shape index (κ2) is 4.64. The van der Waals surface area contributed by atoms with E-state index in [1.165, 1.54) is 0 Å². The first-order chi connectivity index (χ1) is 11.3. The van der Waals surface area contributed by atoms with Crippen LogP contribution in [0.4, 0.5) is 11.7 Å². The van der Waals surface area contributed by atoms with Gasteiger partial charge in [-0.05, 0) is 50.4 Å². The summed E-state index contributed by atoms with van der Waals surface area (Å²) in [6.45, 7) is 1.95. The van der Waals surface area contributed by atoms with Crippen LogP contribution in [0, 0.1) is 0 Å². The van der Waals surface area contributed by atoms with Gasteiger partial charge in [-0.25, -0.2) is 4.90 Å². The van der Waals surface area contributed by atoms with Gasteiger partial charge in [0.05, 0.1) is 11.1 Å². The summed E-state index contributed by atoms with van der Waals surface area (Å²) < 4.78 is 5.47. The second-order valence-electron chi connectivity index (χ2n) is 6.70. The minimum Gasteiger partial charge on any atom is -0.317 e. The fourth-order valence-corrected chi connectivity index (χ4v) is 3.87. The van der Waals surface area contributed by atoms with Gasteiger partial charge < -0.3 is 9.84 Å². The average molecular weight is 310 g/mol. The lowest BCUT2D eigenvalue weighted by Gasteiger charge is -2.19. The molecule has 1 aromatic carbocycles. The highest BCUT2D eigenvalue weighted by molar-refractivity contribution is 6.13. The molecular weight excluding hydrogens is 292 g/mol. The number of carbonyl (C=O) groups excluding carboxylic acids is 1. The molecule has 2 aliphatic heterocycles. The van der Waals surface area contributed by atoms with E-state index < -0.39 is 0 Å². The molecule has 1 aromatic heterocycles. The lowest BCUT2D eigenvalue weighted by Crippen LogP contribution is -2.28. The monoisotopic (exact) mass is 310 g/mol. The van der Waals surface area contributed by atoms with Gasteiger partial charge in [-0.2, -0.15) is 4.98 Å². The van der Waals surface area contributed by atoms with E-state index in [0.717, 1.165) is 55.8 Å². The standard InChI is InChI=1S/C17H18N4O2/c22-15-17(7-8-17)12-3-1-2-4-13(12)21(15)16-19-14(20-23-16)11-5-9-18-10-6-11/h1-4,11,18H,5-10H2.